The Morgan fingerprint density at radius 2 is 1.04 bits per heavy atom. The van der Waals surface area contributed by atoms with Crippen LogP contribution in [0.4, 0.5) is 5.82 Å². The van der Waals surface area contributed by atoms with Crippen LogP contribution in [0.25, 0.3) is 48.9 Å². The number of fused-ring (bicyclic) bond motifs is 2. The maximum atomic E-state index is 13.0. The number of ether oxygens (including phenoxy) is 4. The van der Waals surface area contributed by atoms with Gasteiger partial charge >= 0.3 is 0 Å². The van der Waals surface area contributed by atoms with Crippen molar-refractivity contribution in [3.63, 3.8) is 0 Å². The van der Waals surface area contributed by atoms with Crippen molar-refractivity contribution in [1.29, 1.82) is 0 Å². The molecule has 6 rings (SSSR count). The van der Waals surface area contributed by atoms with E-state index >= 15 is 0 Å². The molecule has 0 radical (unpaired) electrons. The Kier molecular flexibility index (Phi) is 12.9. The van der Waals surface area contributed by atoms with Gasteiger partial charge in [0.2, 0.25) is 0 Å². The highest BCUT2D eigenvalue weighted by Crippen LogP contribution is 2.46. The van der Waals surface area contributed by atoms with Crippen LogP contribution in [0, 0.1) is 6.57 Å². The standard InChI is InChI=1S/C18H13Cl2N3O3.C18H17Cl2N3O3.CH4/c1-21-14-6-11-9(8-22-14)5-10(18(24)23(11)2)15-16(19)12(25-3)7-13(26-4)17(15)20;1-23-12-5-10(7-21)22-8-9(12)4-11(18(23)24)15-16(19)13(25-2)6-14(26-3)17(15)20;/h5-8H,2-4H3;4-6,8H,7,21H2,1-3H3;1H4. The first kappa shape index (κ1) is 40.7. The van der Waals surface area contributed by atoms with Crippen molar-refractivity contribution in [3.05, 3.63) is 107 Å². The molecular formula is C37H34Cl4N6O6. The molecule has 0 aliphatic carbocycles. The zero-order valence-corrected chi connectivity index (χ0v) is 31.6. The number of halogens is 4. The molecule has 276 valence electrons. The third kappa shape index (κ3) is 7.44. The van der Waals surface area contributed by atoms with Gasteiger partial charge in [-0.3, -0.25) is 14.6 Å². The first-order valence-electron chi connectivity index (χ1n) is 15.1. The molecular weight excluding hydrogens is 766 g/mol. The van der Waals surface area contributed by atoms with Gasteiger partial charge in [0.05, 0.1) is 70.9 Å². The highest BCUT2D eigenvalue weighted by atomic mass is 35.5. The minimum absolute atomic E-state index is 0. The van der Waals surface area contributed by atoms with Crippen molar-refractivity contribution in [2.24, 2.45) is 19.8 Å². The second-order valence-corrected chi connectivity index (χ2v) is 12.6. The van der Waals surface area contributed by atoms with E-state index in [0.29, 0.717) is 56.3 Å². The average molecular weight is 801 g/mol. The average Bonchev–Trinajstić information content (AvgIpc) is 3.15. The summed E-state index contributed by atoms with van der Waals surface area (Å²) in [6.07, 6.45) is 3.20. The molecule has 0 fully saturated rings. The summed E-state index contributed by atoms with van der Waals surface area (Å²) >= 11 is 25.8. The molecule has 16 heteroatoms. The third-order valence-electron chi connectivity index (χ3n) is 8.27. The number of nitrogens with zero attached hydrogens (tertiary/aromatic N) is 5. The lowest BCUT2D eigenvalue weighted by molar-refractivity contribution is 0.395. The summed E-state index contributed by atoms with van der Waals surface area (Å²) in [5, 5.41) is 2.32. The first-order chi connectivity index (χ1) is 24.8. The lowest BCUT2D eigenvalue weighted by Crippen LogP contribution is -2.19. The van der Waals surface area contributed by atoms with Crippen LogP contribution >= 0.6 is 46.4 Å². The van der Waals surface area contributed by atoms with Gasteiger partial charge in [0.1, 0.15) is 29.2 Å². The van der Waals surface area contributed by atoms with Gasteiger partial charge in [-0.15, -0.1) is 4.98 Å². The van der Waals surface area contributed by atoms with Crippen LogP contribution in [0.15, 0.2) is 58.4 Å². The molecule has 53 heavy (non-hydrogen) atoms. The number of aryl methyl sites for hydroxylation is 2. The van der Waals surface area contributed by atoms with E-state index in [9.17, 15) is 9.59 Å². The number of rotatable bonds is 7. The Morgan fingerprint density at radius 3 is 1.40 bits per heavy atom. The summed E-state index contributed by atoms with van der Waals surface area (Å²) < 4.78 is 24.1. The van der Waals surface area contributed by atoms with E-state index in [1.807, 2.05) is 0 Å². The smallest absolute Gasteiger partial charge is 0.271 e. The molecule has 0 unspecified atom stereocenters. The maximum Gasteiger partial charge on any atom is 0.271 e. The largest absolute Gasteiger partial charge is 0.495 e. The Hall–Kier alpha value is -5.03. The van der Waals surface area contributed by atoms with Crippen molar-refractivity contribution in [2.45, 2.75) is 14.0 Å². The molecule has 0 bridgehead atoms. The molecule has 2 N–H and O–H groups in total. The molecule has 12 nitrogen and oxygen atoms in total. The van der Waals surface area contributed by atoms with Crippen molar-refractivity contribution < 1.29 is 18.9 Å². The van der Waals surface area contributed by atoms with Crippen LogP contribution in [0.3, 0.4) is 0 Å². The third-order valence-corrected chi connectivity index (χ3v) is 9.77. The number of nitrogens with two attached hydrogens (primary N) is 1. The van der Waals surface area contributed by atoms with E-state index in [4.69, 9.17) is 77.7 Å². The summed E-state index contributed by atoms with van der Waals surface area (Å²) in [6.45, 7) is 7.37. The van der Waals surface area contributed by atoms with E-state index in [-0.39, 0.29) is 56.6 Å². The van der Waals surface area contributed by atoms with Crippen LogP contribution in [-0.4, -0.2) is 47.5 Å². The van der Waals surface area contributed by atoms with Crippen LogP contribution in [0.2, 0.25) is 20.1 Å². The molecule has 4 aromatic heterocycles. The quantitative estimate of drug-likeness (QED) is 0.158. The lowest BCUT2D eigenvalue weighted by atomic mass is 10.0. The van der Waals surface area contributed by atoms with Gasteiger partial charge in [-0.25, -0.2) is 0 Å². The molecule has 0 spiro atoms. The number of aromatic nitrogens is 4. The second-order valence-electron chi connectivity index (χ2n) is 11.1. The van der Waals surface area contributed by atoms with Gasteiger partial charge in [0.25, 0.3) is 16.9 Å². The molecule has 0 aliphatic rings. The van der Waals surface area contributed by atoms with E-state index < -0.39 is 0 Å². The van der Waals surface area contributed by atoms with E-state index in [1.54, 1.807) is 56.7 Å². The van der Waals surface area contributed by atoms with Gasteiger partial charge in [-0.2, -0.15) is 0 Å². The number of methoxy groups -OCH3 is 4. The van der Waals surface area contributed by atoms with Crippen molar-refractivity contribution >= 4 is 74.0 Å². The number of hydrogen-bond acceptors (Lipinski definition) is 9. The monoisotopic (exact) mass is 798 g/mol. The summed E-state index contributed by atoms with van der Waals surface area (Å²) in [6, 6.07) is 9.83. The molecule has 0 aliphatic heterocycles. The Labute approximate surface area is 324 Å². The fourth-order valence-corrected chi connectivity index (χ4v) is 6.94. The summed E-state index contributed by atoms with van der Waals surface area (Å²) in [5.74, 6) is 1.61. The van der Waals surface area contributed by atoms with Gasteiger partial charge in [0.15, 0.2) is 0 Å². The first-order valence-corrected chi connectivity index (χ1v) is 16.6. The number of pyridine rings is 4. The van der Waals surface area contributed by atoms with E-state index in [0.717, 1.165) is 10.9 Å². The zero-order chi connectivity index (χ0) is 38.0. The molecule has 6 aromatic rings. The Bertz CT molecular complexity index is 2490. The highest BCUT2D eigenvalue weighted by molar-refractivity contribution is 6.42. The highest BCUT2D eigenvalue weighted by Gasteiger charge is 2.24. The van der Waals surface area contributed by atoms with Crippen LogP contribution in [0.5, 0.6) is 23.0 Å². The molecule has 0 amide bonds. The normalized spacial score (nSPS) is 10.6. The van der Waals surface area contributed by atoms with Crippen LogP contribution in [0.1, 0.15) is 13.1 Å². The van der Waals surface area contributed by atoms with E-state index in [2.05, 4.69) is 14.8 Å². The summed E-state index contributed by atoms with van der Waals surface area (Å²) in [4.78, 5) is 37.6. The van der Waals surface area contributed by atoms with Gasteiger partial charge < -0.3 is 38.7 Å². The summed E-state index contributed by atoms with van der Waals surface area (Å²) in [5.41, 5.74) is 8.35. The fourth-order valence-electron chi connectivity index (χ4n) is 5.53. The van der Waals surface area contributed by atoms with Gasteiger partial charge in [-0.05, 0) is 24.3 Å². The Balaban J connectivity index is 0.000000232. The lowest BCUT2D eigenvalue weighted by Gasteiger charge is -2.16. The minimum atomic E-state index is -0.321. The SMILES string of the molecule is C.COc1cc(OC)c(Cl)c(-c2cc3cnc(CN)cc3n(C)c2=O)c1Cl.[C-]#[N+]c1cc2c(cn1)cc(-c1c(Cl)c(OC)cc(OC)c1Cl)c(=O)n2C. The molecule has 0 atom stereocenters. The Morgan fingerprint density at radius 1 is 0.660 bits per heavy atom. The van der Waals surface area contributed by atoms with Crippen molar-refractivity contribution in [3.8, 4) is 45.3 Å². The molecule has 4 heterocycles. The van der Waals surface area contributed by atoms with Crippen molar-refractivity contribution in [2.75, 3.05) is 28.4 Å². The molecule has 2 aromatic carbocycles. The fraction of sp³-hybridized carbons (Fsp3) is 0.216. The van der Waals surface area contributed by atoms with E-state index in [1.165, 1.54) is 43.8 Å². The zero-order valence-electron chi connectivity index (χ0n) is 28.6. The van der Waals surface area contributed by atoms with Crippen LogP contribution in [-0.2, 0) is 20.6 Å². The second kappa shape index (κ2) is 16.8. The van der Waals surface area contributed by atoms with Crippen molar-refractivity contribution in [1.82, 2.24) is 19.1 Å². The molecule has 0 saturated heterocycles. The summed E-state index contributed by atoms with van der Waals surface area (Å²) in [7, 11) is 9.18. The maximum absolute atomic E-state index is 13.0. The topological polar surface area (TPSA) is 137 Å². The van der Waals surface area contributed by atoms with Gasteiger partial charge in [0, 0.05) is 66.4 Å². The van der Waals surface area contributed by atoms with Crippen LogP contribution < -0.4 is 35.8 Å². The minimum Gasteiger partial charge on any atom is -0.495 e. The number of benzene rings is 2. The predicted molar refractivity (Wildman–Crippen MR) is 212 cm³/mol. The van der Waals surface area contributed by atoms with Gasteiger partial charge in [-0.1, -0.05) is 60.4 Å². The number of hydrogen-bond donors (Lipinski definition) is 1. The predicted octanol–water partition coefficient (Wildman–Crippen LogP) is 8.49. The molecule has 0 saturated carbocycles.